The van der Waals surface area contributed by atoms with Crippen LogP contribution in [0.1, 0.15) is 23.6 Å². The zero-order valence-corrected chi connectivity index (χ0v) is 16.8. The second-order valence-corrected chi connectivity index (χ2v) is 6.58. The van der Waals surface area contributed by atoms with Gasteiger partial charge in [0.15, 0.2) is 6.29 Å². The summed E-state index contributed by atoms with van der Waals surface area (Å²) in [6.07, 6.45) is 6.61. The van der Waals surface area contributed by atoms with Crippen LogP contribution in [0.4, 0.5) is 0 Å². The molecule has 0 aliphatic carbocycles. The van der Waals surface area contributed by atoms with E-state index in [9.17, 15) is 0 Å². The molecule has 1 unspecified atom stereocenters. The summed E-state index contributed by atoms with van der Waals surface area (Å²) in [5.74, 6) is 0. The highest BCUT2D eigenvalue weighted by Gasteiger charge is 2.21. The maximum absolute atomic E-state index is 5.70. The standard InChI is InChI=1S/C23H27N3O3/c1-27-22(28-2)13-16-29-25-23(20-11-7-4-8-12-20)21(26-15-14-24-18-26)17-19-9-5-3-6-10-19/h3-12,14-15,18,21-22H,13,16-17H2,1-2H3/b25-23+. The van der Waals surface area contributed by atoms with Gasteiger partial charge < -0.3 is 18.9 Å². The molecular formula is C23H27N3O3. The van der Waals surface area contributed by atoms with Crippen molar-refractivity contribution in [3.63, 3.8) is 0 Å². The smallest absolute Gasteiger partial charge is 0.160 e. The first-order valence-electron chi connectivity index (χ1n) is 9.64. The normalized spacial score (nSPS) is 12.9. The van der Waals surface area contributed by atoms with Gasteiger partial charge in [-0.1, -0.05) is 65.8 Å². The van der Waals surface area contributed by atoms with Crippen LogP contribution in [0.2, 0.25) is 0 Å². The molecule has 0 saturated carbocycles. The Balaban J connectivity index is 1.87. The summed E-state index contributed by atoms with van der Waals surface area (Å²) in [5.41, 5.74) is 3.07. The summed E-state index contributed by atoms with van der Waals surface area (Å²) >= 11 is 0. The second-order valence-electron chi connectivity index (χ2n) is 6.58. The van der Waals surface area contributed by atoms with Gasteiger partial charge in [-0.05, 0) is 12.0 Å². The fourth-order valence-electron chi connectivity index (χ4n) is 3.15. The molecule has 1 atom stereocenters. The first-order chi connectivity index (χ1) is 14.3. The van der Waals surface area contributed by atoms with Crippen LogP contribution >= 0.6 is 0 Å². The van der Waals surface area contributed by atoms with Crippen molar-refractivity contribution >= 4 is 5.71 Å². The molecule has 2 aromatic carbocycles. The summed E-state index contributed by atoms with van der Waals surface area (Å²) in [4.78, 5) is 9.93. The molecule has 152 valence electrons. The number of aromatic nitrogens is 2. The van der Waals surface area contributed by atoms with E-state index < -0.39 is 0 Å². The molecule has 3 aromatic rings. The predicted octanol–water partition coefficient (Wildman–Crippen LogP) is 4.10. The van der Waals surface area contributed by atoms with E-state index in [4.69, 9.17) is 14.3 Å². The van der Waals surface area contributed by atoms with Gasteiger partial charge in [0.05, 0.1) is 12.4 Å². The molecule has 0 N–H and O–H groups in total. The number of imidazole rings is 1. The lowest BCUT2D eigenvalue weighted by Gasteiger charge is -2.21. The van der Waals surface area contributed by atoms with Crippen LogP contribution < -0.4 is 0 Å². The van der Waals surface area contributed by atoms with Gasteiger partial charge in [-0.3, -0.25) is 0 Å². The lowest BCUT2D eigenvalue weighted by Crippen LogP contribution is -2.23. The van der Waals surface area contributed by atoms with Crippen LogP contribution in [0.5, 0.6) is 0 Å². The molecule has 0 radical (unpaired) electrons. The zero-order valence-electron chi connectivity index (χ0n) is 16.8. The molecule has 0 aliphatic heterocycles. The molecule has 0 saturated heterocycles. The van der Waals surface area contributed by atoms with Gasteiger partial charge in [-0.15, -0.1) is 0 Å². The SMILES string of the molecule is COC(CCO/N=C(\c1ccccc1)C(Cc1ccccc1)n1ccnc1)OC. The maximum atomic E-state index is 5.70. The molecule has 0 spiro atoms. The number of rotatable bonds is 11. The Bertz CT molecular complexity index is 848. The van der Waals surface area contributed by atoms with Gasteiger partial charge in [0.2, 0.25) is 0 Å². The number of hydrogen-bond acceptors (Lipinski definition) is 5. The molecular weight excluding hydrogens is 366 g/mol. The minimum Gasteiger partial charge on any atom is -0.395 e. The van der Waals surface area contributed by atoms with Crippen LogP contribution in [0.25, 0.3) is 0 Å². The lowest BCUT2D eigenvalue weighted by molar-refractivity contribution is -0.115. The van der Waals surface area contributed by atoms with E-state index in [1.165, 1.54) is 5.56 Å². The van der Waals surface area contributed by atoms with Crippen molar-refractivity contribution < 1.29 is 14.3 Å². The molecule has 1 heterocycles. The first kappa shape index (κ1) is 20.8. The average Bonchev–Trinajstić information content (AvgIpc) is 3.31. The van der Waals surface area contributed by atoms with Crippen molar-refractivity contribution in [3.05, 3.63) is 90.5 Å². The topological polar surface area (TPSA) is 57.9 Å². The number of oxime groups is 1. The van der Waals surface area contributed by atoms with E-state index in [0.717, 1.165) is 17.7 Å². The lowest BCUT2D eigenvalue weighted by atomic mass is 9.96. The quantitative estimate of drug-likeness (QED) is 0.213. The molecule has 29 heavy (non-hydrogen) atoms. The van der Waals surface area contributed by atoms with Crippen molar-refractivity contribution in [1.82, 2.24) is 9.55 Å². The van der Waals surface area contributed by atoms with Crippen molar-refractivity contribution in [2.24, 2.45) is 5.16 Å². The Morgan fingerprint density at radius 2 is 1.69 bits per heavy atom. The predicted molar refractivity (Wildman–Crippen MR) is 113 cm³/mol. The summed E-state index contributed by atoms with van der Waals surface area (Å²) in [5, 5.41) is 4.54. The molecule has 0 fully saturated rings. The average molecular weight is 393 g/mol. The molecule has 6 nitrogen and oxygen atoms in total. The Morgan fingerprint density at radius 1 is 1.00 bits per heavy atom. The fourth-order valence-corrected chi connectivity index (χ4v) is 3.15. The minimum atomic E-state index is -0.306. The van der Waals surface area contributed by atoms with Gasteiger partial charge in [0.25, 0.3) is 0 Å². The van der Waals surface area contributed by atoms with Crippen molar-refractivity contribution in [3.8, 4) is 0 Å². The number of ether oxygens (including phenoxy) is 2. The third kappa shape index (κ3) is 6.01. The molecule has 0 bridgehead atoms. The Morgan fingerprint density at radius 3 is 2.31 bits per heavy atom. The van der Waals surface area contributed by atoms with E-state index in [2.05, 4.69) is 26.8 Å². The summed E-state index contributed by atoms with van der Waals surface area (Å²) < 4.78 is 12.5. The number of nitrogens with zero attached hydrogens (tertiary/aromatic N) is 3. The minimum absolute atomic E-state index is 0.0528. The van der Waals surface area contributed by atoms with Gasteiger partial charge in [0, 0.05) is 38.6 Å². The Hall–Kier alpha value is -2.96. The van der Waals surface area contributed by atoms with E-state index in [0.29, 0.717) is 13.0 Å². The van der Waals surface area contributed by atoms with Gasteiger partial charge in [-0.25, -0.2) is 4.98 Å². The largest absolute Gasteiger partial charge is 0.395 e. The number of hydrogen-bond donors (Lipinski definition) is 0. The van der Waals surface area contributed by atoms with Crippen LogP contribution in [-0.2, 0) is 20.7 Å². The van der Waals surface area contributed by atoms with Crippen LogP contribution in [0, 0.1) is 0 Å². The molecule has 3 rings (SSSR count). The monoisotopic (exact) mass is 393 g/mol. The maximum Gasteiger partial charge on any atom is 0.160 e. The highest BCUT2D eigenvalue weighted by Crippen LogP contribution is 2.21. The number of methoxy groups -OCH3 is 2. The third-order valence-electron chi connectivity index (χ3n) is 4.68. The summed E-state index contributed by atoms with van der Waals surface area (Å²) in [6.45, 7) is 0.394. The van der Waals surface area contributed by atoms with E-state index >= 15 is 0 Å². The van der Waals surface area contributed by atoms with E-state index in [1.54, 1.807) is 20.4 Å². The molecule has 6 heteroatoms. The molecule has 1 aromatic heterocycles. The zero-order chi connectivity index (χ0) is 20.3. The fraction of sp³-hybridized carbons (Fsp3) is 0.304. The molecule has 0 aliphatic rings. The first-order valence-corrected chi connectivity index (χ1v) is 9.64. The van der Waals surface area contributed by atoms with Gasteiger partial charge in [-0.2, -0.15) is 0 Å². The molecule has 0 amide bonds. The van der Waals surface area contributed by atoms with Crippen molar-refractivity contribution in [1.29, 1.82) is 0 Å². The van der Waals surface area contributed by atoms with Crippen molar-refractivity contribution in [2.45, 2.75) is 25.2 Å². The summed E-state index contributed by atoms with van der Waals surface area (Å²) in [7, 11) is 3.23. The Labute approximate surface area is 171 Å². The van der Waals surface area contributed by atoms with Gasteiger partial charge in [0.1, 0.15) is 12.3 Å². The van der Waals surface area contributed by atoms with Gasteiger partial charge >= 0.3 is 0 Å². The van der Waals surface area contributed by atoms with Crippen LogP contribution in [0.3, 0.4) is 0 Å². The number of benzene rings is 2. The highest BCUT2D eigenvalue weighted by atomic mass is 16.7. The van der Waals surface area contributed by atoms with Crippen molar-refractivity contribution in [2.75, 3.05) is 20.8 Å². The summed E-state index contributed by atoms with van der Waals surface area (Å²) in [6, 6.07) is 20.4. The van der Waals surface area contributed by atoms with Crippen LogP contribution in [0.15, 0.2) is 84.5 Å². The van der Waals surface area contributed by atoms with Crippen LogP contribution in [-0.4, -0.2) is 42.4 Å². The highest BCUT2D eigenvalue weighted by molar-refractivity contribution is 6.03. The third-order valence-corrected chi connectivity index (χ3v) is 4.68. The van der Waals surface area contributed by atoms with E-state index in [1.807, 2.05) is 61.1 Å². The second kappa shape index (κ2) is 11.1. The van der Waals surface area contributed by atoms with E-state index in [-0.39, 0.29) is 12.3 Å². The Kier molecular flexibility index (Phi) is 7.98.